The van der Waals surface area contributed by atoms with Crippen LogP contribution in [0.3, 0.4) is 0 Å². The molecule has 0 aromatic rings. The summed E-state index contributed by atoms with van der Waals surface area (Å²) < 4.78 is 0. The van der Waals surface area contributed by atoms with Crippen molar-refractivity contribution in [3.8, 4) is 0 Å². The third kappa shape index (κ3) is 24.8. The summed E-state index contributed by atoms with van der Waals surface area (Å²) in [5.74, 6) is -2.45. The van der Waals surface area contributed by atoms with Gasteiger partial charge < -0.3 is 25.5 Å². The van der Waals surface area contributed by atoms with E-state index in [0.717, 1.165) is 19.3 Å². The molecule has 0 fully saturated rings. The number of unbranched alkanes of at least 4 members (excludes halogenated alkanes) is 2. The predicted octanol–water partition coefficient (Wildman–Crippen LogP) is 0.295. The molecule has 0 aliphatic carbocycles. The number of hydrogen-bond donors (Lipinski definition) is 5. The van der Waals surface area contributed by atoms with Gasteiger partial charge in [-0.25, -0.2) is 0 Å². The van der Waals surface area contributed by atoms with E-state index >= 15 is 0 Å². The summed E-state index contributed by atoms with van der Waals surface area (Å²) in [6.07, 6.45) is 3.14. The molecule has 0 atom stereocenters. The Morgan fingerprint density at radius 2 is 1.47 bits per heavy atom. The zero-order valence-corrected chi connectivity index (χ0v) is 9.56. The van der Waals surface area contributed by atoms with Crippen LogP contribution < -0.4 is 0 Å². The second-order valence-electron chi connectivity index (χ2n) is 3.50. The van der Waals surface area contributed by atoms with Crippen LogP contribution in [0.1, 0.15) is 52.4 Å². The standard InChI is InChI=1S/C6H14O2.C4H10O3/c1-2-3-4-5-6(7)8;1-2-3-4(5,6)7/h6-8H,2-5H2,1H3;5-7H,2-3H2,1H3. The van der Waals surface area contributed by atoms with Crippen LogP contribution in [-0.4, -0.2) is 37.8 Å². The van der Waals surface area contributed by atoms with Crippen LogP contribution in [0.2, 0.25) is 0 Å². The average Bonchev–Trinajstić information content (AvgIpc) is 2.02. The summed E-state index contributed by atoms with van der Waals surface area (Å²) >= 11 is 0. The normalized spacial score (nSPS) is 11.2. The second-order valence-corrected chi connectivity index (χ2v) is 3.50. The molecule has 5 nitrogen and oxygen atoms in total. The van der Waals surface area contributed by atoms with E-state index in [-0.39, 0.29) is 6.42 Å². The Balaban J connectivity index is 0. The van der Waals surface area contributed by atoms with Crippen LogP contribution in [0.25, 0.3) is 0 Å². The largest absolute Gasteiger partial charge is 0.368 e. The highest BCUT2D eigenvalue weighted by atomic mass is 16.7. The van der Waals surface area contributed by atoms with Crippen LogP contribution in [-0.2, 0) is 0 Å². The number of aliphatic hydroxyl groups excluding tert-OH is 1. The SMILES string of the molecule is CCCC(O)(O)O.CCCCCC(O)O. The molecule has 0 heterocycles. The van der Waals surface area contributed by atoms with Gasteiger partial charge in [0.15, 0.2) is 6.29 Å². The first-order chi connectivity index (χ1) is 6.83. The van der Waals surface area contributed by atoms with Crippen LogP contribution in [0.15, 0.2) is 0 Å². The third-order valence-corrected chi connectivity index (χ3v) is 1.65. The molecule has 0 aliphatic rings. The van der Waals surface area contributed by atoms with Gasteiger partial charge >= 0.3 is 0 Å². The number of rotatable bonds is 6. The van der Waals surface area contributed by atoms with Gasteiger partial charge in [-0.1, -0.05) is 26.7 Å². The van der Waals surface area contributed by atoms with Crippen molar-refractivity contribution in [1.29, 1.82) is 0 Å². The van der Waals surface area contributed by atoms with Gasteiger partial charge in [-0.2, -0.15) is 0 Å². The summed E-state index contributed by atoms with van der Waals surface area (Å²) in [6.45, 7) is 3.83. The Kier molecular flexibility index (Phi) is 11.8. The second kappa shape index (κ2) is 10.3. The summed E-state index contributed by atoms with van der Waals surface area (Å²) in [4.78, 5) is 0. The minimum atomic E-state index is -2.45. The van der Waals surface area contributed by atoms with Crippen LogP contribution in [0.4, 0.5) is 0 Å². The van der Waals surface area contributed by atoms with Crippen molar-refractivity contribution in [3.63, 3.8) is 0 Å². The van der Waals surface area contributed by atoms with Crippen molar-refractivity contribution < 1.29 is 25.5 Å². The van der Waals surface area contributed by atoms with Gasteiger partial charge in [-0.3, -0.25) is 0 Å². The lowest BCUT2D eigenvalue weighted by Gasteiger charge is -2.10. The van der Waals surface area contributed by atoms with E-state index in [0.29, 0.717) is 12.8 Å². The van der Waals surface area contributed by atoms with Gasteiger partial charge in [0, 0.05) is 6.42 Å². The molecular formula is C10H24O5. The molecule has 0 radical (unpaired) electrons. The summed E-state index contributed by atoms with van der Waals surface area (Å²) in [5.41, 5.74) is 0. The first kappa shape index (κ1) is 17.2. The van der Waals surface area contributed by atoms with Crippen LogP contribution >= 0.6 is 0 Å². The maximum absolute atomic E-state index is 8.33. The highest BCUT2D eigenvalue weighted by molar-refractivity contribution is 4.42. The topological polar surface area (TPSA) is 101 Å². The fourth-order valence-corrected chi connectivity index (χ4v) is 0.912. The van der Waals surface area contributed by atoms with Crippen molar-refractivity contribution in [2.45, 2.75) is 64.6 Å². The summed E-state index contributed by atoms with van der Waals surface area (Å²) in [6, 6.07) is 0. The Bertz CT molecular complexity index is 119. The zero-order valence-electron chi connectivity index (χ0n) is 9.56. The van der Waals surface area contributed by atoms with E-state index in [1.807, 2.05) is 0 Å². The van der Waals surface area contributed by atoms with Gasteiger partial charge in [0.05, 0.1) is 0 Å². The minimum absolute atomic E-state index is 0.00694. The van der Waals surface area contributed by atoms with Gasteiger partial charge in [0.25, 0.3) is 5.97 Å². The van der Waals surface area contributed by atoms with Gasteiger partial charge in [0.2, 0.25) is 0 Å². The Labute approximate surface area is 91.0 Å². The lowest BCUT2D eigenvalue weighted by molar-refractivity contribution is -0.314. The molecule has 0 saturated heterocycles. The molecule has 15 heavy (non-hydrogen) atoms. The molecule has 0 bridgehead atoms. The molecule has 0 unspecified atom stereocenters. The predicted molar refractivity (Wildman–Crippen MR) is 56.7 cm³/mol. The van der Waals surface area contributed by atoms with Crippen LogP contribution in [0, 0.1) is 0 Å². The lowest BCUT2D eigenvalue weighted by Crippen LogP contribution is -2.26. The zero-order chi connectivity index (χ0) is 12.3. The van der Waals surface area contributed by atoms with Gasteiger partial charge in [0.1, 0.15) is 0 Å². The van der Waals surface area contributed by atoms with Crippen molar-refractivity contribution >= 4 is 0 Å². The summed E-state index contributed by atoms with van der Waals surface area (Å²) in [5, 5.41) is 41.1. The number of aliphatic hydroxyl groups is 5. The highest BCUT2D eigenvalue weighted by Crippen LogP contribution is 2.01. The molecule has 5 heteroatoms. The molecule has 0 saturated carbocycles. The Morgan fingerprint density at radius 3 is 1.67 bits per heavy atom. The molecule has 0 rings (SSSR count). The fourth-order valence-electron chi connectivity index (χ4n) is 0.912. The van der Waals surface area contributed by atoms with Crippen molar-refractivity contribution in [1.82, 2.24) is 0 Å². The van der Waals surface area contributed by atoms with E-state index < -0.39 is 12.3 Å². The van der Waals surface area contributed by atoms with E-state index in [4.69, 9.17) is 25.5 Å². The molecule has 0 aliphatic heterocycles. The Morgan fingerprint density at radius 1 is 0.933 bits per heavy atom. The third-order valence-electron chi connectivity index (χ3n) is 1.65. The van der Waals surface area contributed by atoms with Crippen molar-refractivity contribution in [2.75, 3.05) is 0 Å². The molecule has 0 aromatic heterocycles. The maximum atomic E-state index is 8.33. The monoisotopic (exact) mass is 224 g/mol. The van der Waals surface area contributed by atoms with E-state index in [9.17, 15) is 0 Å². The molecule has 0 aromatic carbocycles. The fraction of sp³-hybridized carbons (Fsp3) is 1.00. The van der Waals surface area contributed by atoms with E-state index in [2.05, 4.69) is 6.92 Å². The highest BCUT2D eigenvalue weighted by Gasteiger charge is 2.14. The van der Waals surface area contributed by atoms with Crippen molar-refractivity contribution in [2.24, 2.45) is 0 Å². The first-order valence-electron chi connectivity index (χ1n) is 5.36. The Hall–Kier alpha value is -0.200. The summed E-state index contributed by atoms with van der Waals surface area (Å²) in [7, 11) is 0. The minimum Gasteiger partial charge on any atom is -0.368 e. The lowest BCUT2D eigenvalue weighted by atomic mass is 10.2. The van der Waals surface area contributed by atoms with Gasteiger partial charge in [-0.05, 0) is 19.3 Å². The smallest absolute Gasteiger partial charge is 0.275 e. The van der Waals surface area contributed by atoms with Crippen molar-refractivity contribution in [3.05, 3.63) is 0 Å². The van der Waals surface area contributed by atoms with Gasteiger partial charge in [-0.15, -0.1) is 0 Å². The molecule has 0 spiro atoms. The molecule has 5 N–H and O–H groups in total. The van der Waals surface area contributed by atoms with E-state index in [1.165, 1.54) is 0 Å². The first-order valence-corrected chi connectivity index (χ1v) is 5.36. The quantitative estimate of drug-likeness (QED) is 0.330. The molecular weight excluding hydrogens is 200 g/mol. The van der Waals surface area contributed by atoms with Crippen LogP contribution in [0.5, 0.6) is 0 Å². The maximum Gasteiger partial charge on any atom is 0.275 e. The molecule has 0 amide bonds. The average molecular weight is 224 g/mol. The number of hydrogen-bond acceptors (Lipinski definition) is 5. The molecule has 94 valence electrons. The van der Waals surface area contributed by atoms with E-state index in [1.54, 1.807) is 6.92 Å².